The van der Waals surface area contributed by atoms with Crippen molar-refractivity contribution in [3.05, 3.63) is 57.7 Å². The zero-order valence-corrected chi connectivity index (χ0v) is 10.3. The Morgan fingerprint density at radius 3 is 2.59 bits per heavy atom. The molecule has 0 radical (unpaired) electrons. The van der Waals surface area contributed by atoms with Crippen molar-refractivity contribution in [3.63, 3.8) is 0 Å². The highest BCUT2D eigenvalue weighted by Crippen LogP contribution is 2.11. The van der Waals surface area contributed by atoms with Gasteiger partial charge in [-0.1, -0.05) is 23.7 Å². The fourth-order valence-corrected chi connectivity index (χ4v) is 1.91. The van der Waals surface area contributed by atoms with Crippen LogP contribution in [-0.4, -0.2) is 9.55 Å². The van der Waals surface area contributed by atoms with Crippen LogP contribution in [0.25, 0.3) is 0 Å². The fraction of sp³-hybridized carbons (Fsp3) is 0.308. The molecule has 0 aliphatic carbocycles. The smallest absolute Gasteiger partial charge is 0.313 e. The van der Waals surface area contributed by atoms with Gasteiger partial charge in [0, 0.05) is 24.0 Å². The lowest BCUT2D eigenvalue weighted by molar-refractivity contribution is 0.595. The molecule has 4 heteroatoms. The summed E-state index contributed by atoms with van der Waals surface area (Å²) in [4.78, 5) is 13.8. The van der Waals surface area contributed by atoms with Gasteiger partial charge in [-0.2, -0.15) is 0 Å². The number of hydrogen-bond acceptors (Lipinski definition) is 1. The van der Waals surface area contributed by atoms with E-state index in [0.717, 1.165) is 30.8 Å². The molecular weight excluding hydrogens is 236 g/mol. The van der Waals surface area contributed by atoms with E-state index in [1.165, 1.54) is 5.56 Å². The lowest BCUT2D eigenvalue weighted by Gasteiger charge is -2.02. The minimum atomic E-state index is -0.0310. The third-order valence-electron chi connectivity index (χ3n) is 2.75. The summed E-state index contributed by atoms with van der Waals surface area (Å²) in [5.41, 5.74) is 1.26. The summed E-state index contributed by atoms with van der Waals surface area (Å²) in [6.45, 7) is 0.774. The standard InChI is InChI=1S/C13H15ClN2O/c14-12-6-4-11(5-7-12)3-1-2-9-16-10-8-15-13(16)17/h4-8,10H,1-3,9H2,(H,15,17). The van der Waals surface area contributed by atoms with Gasteiger partial charge in [0.2, 0.25) is 0 Å². The van der Waals surface area contributed by atoms with Crippen LogP contribution in [0.1, 0.15) is 18.4 Å². The Bertz CT molecular complexity index is 513. The Morgan fingerprint density at radius 2 is 1.94 bits per heavy atom. The molecule has 0 unspecified atom stereocenters. The van der Waals surface area contributed by atoms with Crippen LogP contribution in [0, 0.1) is 0 Å². The van der Waals surface area contributed by atoms with Gasteiger partial charge in [-0.05, 0) is 37.0 Å². The van der Waals surface area contributed by atoms with Gasteiger partial charge in [0.1, 0.15) is 0 Å². The van der Waals surface area contributed by atoms with Gasteiger partial charge in [-0.15, -0.1) is 0 Å². The number of hydrogen-bond donors (Lipinski definition) is 1. The number of rotatable bonds is 5. The summed E-state index contributed by atoms with van der Waals surface area (Å²) >= 11 is 5.82. The maximum atomic E-state index is 11.2. The van der Waals surface area contributed by atoms with E-state index in [0.29, 0.717) is 0 Å². The first-order valence-electron chi connectivity index (χ1n) is 5.74. The van der Waals surface area contributed by atoms with Crippen LogP contribution in [0.2, 0.25) is 5.02 Å². The molecule has 0 aliphatic heterocycles. The molecule has 1 heterocycles. The average molecular weight is 251 g/mol. The summed E-state index contributed by atoms with van der Waals surface area (Å²) in [7, 11) is 0. The number of benzene rings is 1. The Hall–Kier alpha value is -1.48. The molecule has 3 nitrogen and oxygen atoms in total. The summed E-state index contributed by atoms with van der Waals surface area (Å²) in [5.74, 6) is 0. The molecule has 0 saturated heterocycles. The van der Waals surface area contributed by atoms with Crippen LogP contribution in [-0.2, 0) is 13.0 Å². The SMILES string of the molecule is O=c1[nH]ccn1CCCCc1ccc(Cl)cc1. The minimum Gasteiger partial charge on any atom is -0.313 e. The largest absolute Gasteiger partial charge is 0.325 e. The predicted molar refractivity (Wildman–Crippen MR) is 69.4 cm³/mol. The number of nitrogens with one attached hydrogen (secondary N) is 1. The molecule has 1 aromatic heterocycles. The number of halogens is 1. The quantitative estimate of drug-likeness (QED) is 0.815. The predicted octanol–water partition coefficient (Wildman–Crippen LogP) is 2.85. The average Bonchev–Trinajstić information content (AvgIpc) is 2.73. The molecule has 0 atom stereocenters. The maximum Gasteiger partial charge on any atom is 0.325 e. The molecule has 0 spiro atoms. The maximum absolute atomic E-state index is 11.2. The van der Waals surface area contributed by atoms with Crippen molar-refractivity contribution in [2.24, 2.45) is 0 Å². The zero-order chi connectivity index (χ0) is 12.1. The van der Waals surface area contributed by atoms with Crippen molar-refractivity contribution in [3.8, 4) is 0 Å². The minimum absolute atomic E-state index is 0.0310. The van der Waals surface area contributed by atoms with Gasteiger partial charge in [-0.3, -0.25) is 4.57 Å². The molecule has 17 heavy (non-hydrogen) atoms. The fourth-order valence-electron chi connectivity index (χ4n) is 1.79. The number of aryl methyl sites for hydroxylation is 2. The highest BCUT2D eigenvalue weighted by atomic mass is 35.5. The molecule has 1 N–H and O–H groups in total. The Morgan fingerprint density at radius 1 is 1.18 bits per heavy atom. The van der Waals surface area contributed by atoms with E-state index >= 15 is 0 Å². The van der Waals surface area contributed by atoms with E-state index in [-0.39, 0.29) is 5.69 Å². The third-order valence-corrected chi connectivity index (χ3v) is 3.00. The van der Waals surface area contributed by atoms with Crippen LogP contribution in [0.4, 0.5) is 0 Å². The number of aromatic nitrogens is 2. The van der Waals surface area contributed by atoms with E-state index in [2.05, 4.69) is 4.98 Å². The van der Waals surface area contributed by atoms with Crippen molar-refractivity contribution >= 4 is 11.6 Å². The lowest BCUT2D eigenvalue weighted by atomic mass is 10.1. The molecule has 0 bridgehead atoms. The van der Waals surface area contributed by atoms with Gasteiger partial charge in [0.15, 0.2) is 0 Å². The molecular formula is C13H15ClN2O. The molecule has 0 aliphatic rings. The Kier molecular flexibility index (Phi) is 4.04. The van der Waals surface area contributed by atoms with Crippen LogP contribution in [0.15, 0.2) is 41.5 Å². The number of aromatic amines is 1. The number of H-pyrrole nitrogens is 1. The van der Waals surface area contributed by atoms with Crippen LogP contribution in [0.5, 0.6) is 0 Å². The van der Waals surface area contributed by atoms with Crippen molar-refractivity contribution in [1.82, 2.24) is 9.55 Å². The summed E-state index contributed by atoms with van der Waals surface area (Å²) in [6.07, 6.45) is 6.54. The van der Waals surface area contributed by atoms with Crippen LogP contribution in [0.3, 0.4) is 0 Å². The van der Waals surface area contributed by atoms with Crippen molar-refractivity contribution in [2.45, 2.75) is 25.8 Å². The van der Waals surface area contributed by atoms with E-state index in [1.807, 2.05) is 24.3 Å². The van der Waals surface area contributed by atoms with Crippen molar-refractivity contribution in [1.29, 1.82) is 0 Å². The highest BCUT2D eigenvalue weighted by molar-refractivity contribution is 6.30. The van der Waals surface area contributed by atoms with E-state index in [4.69, 9.17) is 11.6 Å². The second-order valence-corrected chi connectivity index (χ2v) is 4.48. The number of imidazole rings is 1. The first-order chi connectivity index (χ1) is 8.25. The molecule has 0 amide bonds. The van der Waals surface area contributed by atoms with Gasteiger partial charge < -0.3 is 4.98 Å². The molecule has 1 aromatic carbocycles. The molecule has 2 aromatic rings. The molecule has 90 valence electrons. The number of nitrogens with zero attached hydrogens (tertiary/aromatic N) is 1. The monoisotopic (exact) mass is 250 g/mol. The van der Waals surface area contributed by atoms with E-state index in [1.54, 1.807) is 17.0 Å². The lowest BCUT2D eigenvalue weighted by Crippen LogP contribution is -2.16. The highest BCUT2D eigenvalue weighted by Gasteiger charge is 1.97. The van der Waals surface area contributed by atoms with Crippen molar-refractivity contribution < 1.29 is 0 Å². The van der Waals surface area contributed by atoms with Gasteiger partial charge in [-0.25, -0.2) is 4.79 Å². The summed E-state index contributed by atoms with van der Waals surface area (Å²) in [6, 6.07) is 7.91. The zero-order valence-electron chi connectivity index (χ0n) is 9.53. The third kappa shape index (κ3) is 3.49. The molecule has 2 rings (SSSR count). The van der Waals surface area contributed by atoms with Crippen LogP contribution < -0.4 is 5.69 Å². The van der Waals surface area contributed by atoms with E-state index in [9.17, 15) is 4.79 Å². The second kappa shape index (κ2) is 5.73. The van der Waals surface area contributed by atoms with Crippen molar-refractivity contribution in [2.75, 3.05) is 0 Å². The van der Waals surface area contributed by atoms with E-state index < -0.39 is 0 Å². The first kappa shape index (κ1) is 12.0. The van der Waals surface area contributed by atoms with Gasteiger partial charge >= 0.3 is 5.69 Å². The second-order valence-electron chi connectivity index (χ2n) is 4.04. The van der Waals surface area contributed by atoms with Gasteiger partial charge in [0.05, 0.1) is 0 Å². The normalized spacial score (nSPS) is 10.6. The first-order valence-corrected chi connectivity index (χ1v) is 6.12. The summed E-state index contributed by atoms with van der Waals surface area (Å²) in [5, 5.41) is 0.771. The molecule has 0 fully saturated rings. The number of unbranched alkanes of at least 4 members (excludes halogenated alkanes) is 1. The molecule has 0 saturated carbocycles. The van der Waals surface area contributed by atoms with Crippen LogP contribution >= 0.6 is 11.6 Å². The summed E-state index contributed by atoms with van der Waals surface area (Å²) < 4.78 is 1.70. The Labute approximate surface area is 105 Å². The van der Waals surface area contributed by atoms with Gasteiger partial charge in [0.25, 0.3) is 0 Å². The topological polar surface area (TPSA) is 37.8 Å². The Balaban J connectivity index is 1.75.